The summed E-state index contributed by atoms with van der Waals surface area (Å²) in [4.78, 5) is 24.1. The SMILES string of the molecule is CCn1c2ccccc2c2cc(NC(=O)COC(=O)c3cc(F)ccc3F)ccc21. The predicted molar refractivity (Wildman–Crippen MR) is 110 cm³/mol. The molecule has 4 aromatic rings. The maximum Gasteiger partial charge on any atom is 0.341 e. The highest BCUT2D eigenvalue weighted by molar-refractivity contribution is 6.10. The number of fused-ring (bicyclic) bond motifs is 3. The molecule has 1 aromatic heterocycles. The molecule has 0 saturated carbocycles. The van der Waals surface area contributed by atoms with Gasteiger partial charge in [0.2, 0.25) is 0 Å². The van der Waals surface area contributed by atoms with Crippen molar-refractivity contribution < 1.29 is 23.1 Å². The number of benzene rings is 3. The summed E-state index contributed by atoms with van der Waals surface area (Å²) in [5.74, 6) is -3.38. The molecule has 0 aliphatic rings. The van der Waals surface area contributed by atoms with E-state index in [2.05, 4.69) is 16.8 Å². The molecule has 7 heteroatoms. The third kappa shape index (κ3) is 3.61. The van der Waals surface area contributed by atoms with Crippen molar-refractivity contribution in [2.24, 2.45) is 0 Å². The number of amides is 1. The standard InChI is InChI=1S/C23H18F2N2O3/c1-2-27-20-6-4-3-5-16(20)17-12-15(8-10-21(17)27)26-22(28)13-30-23(29)18-11-14(24)7-9-19(18)25/h3-12H,2,13H2,1H3,(H,26,28). The Hall–Kier alpha value is -3.74. The van der Waals surface area contributed by atoms with Gasteiger partial charge in [-0.25, -0.2) is 13.6 Å². The van der Waals surface area contributed by atoms with Crippen LogP contribution in [0.15, 0.2) is 60.7 Å². The normalized spacial score (nSPS) is 11.0. The van der Waals surface area contributed by atoms with Crippen LogP contribution in [0, 0.1) is 11.6 Å². The van der Waals surface area contributed by atoms with Gasteiger partial charge in [-0.05, 0) is 49.4 Å². The van der Waals surface area contributed by atoms with E-state index in [4.69, 9.17) is 4.74 Å². The first-order valence-corrected chi connectivity index (χ1v) is 9.41. The van der Waals surface area contributed by atoms with E-state index in [1.807, 2.05) is 36.4 Å². The Bertz CT molecular complexity index is 1280. The van der Waals surface area contributed by atoms with Crippen molar-refractivity contribution in [1.29, 1.82) is 0 Å². The second-order valence-corrected chi connectivity index (χ2v) is 6.74. The number of para-hydroxylation sites is 1. The fourth-order valence-electron chi connectivity index (χ4n) is 3.53. The fourth-order valence-corrected chi connectivity index (χ4v) is 3.53. The highest BCUT2D eigenvalue weighted by atomic mass is 19.1. The summed E-state index contributed by atoms with van der Waals surface area (Å²) in [5, 5.41) is 4.72. The molecule has 0 bridgehead atoms. The summed E-state index contributed by atoms with van der Waals surface area (Å²) in [7, 11) is 0. The van der Waals surface area contributed by atoms with Crippen molar-refractivity contribution in [3.63, 3.8) is 0 Å². The third-order valence-corrected chi connectivity index (χ3v) is 4.86. The molecule has 0 unspecified atom stereocenters. The number of halogens is 2. The minimum absolute atomic E-state index is 0.541. The lowest BCUT2D eigenvalue weighted by atomic mass is 10.1. The molecule has 0 radical (unpaired) electrons. The molecular weight excluding hydrogens is 390 g/mol. The Morgan fingerprint density at radius 3 is 2.53 bits per heavy atom. The molecule has 0 spiro atoms. The van der Waals surface area contributed by atoms with Crippen LogP contribution in [0.2, 0.25) is 0 Å². The van der Waals surface area contributed by atoms with Crippen molar-refractivity contribution in [3.8, 4) is 0 Å². The zero-order valence-electron chi connectivity index (χ0n) is 16.1. The number of carbonyl (C=O) groups is 2. The average Bonchev–Trinajstić information content (AvgIpc) is 3.06. The van der Waals surface area contributed by atoms with Crippen LogP contribution in [0.5, 0.6) is 0 Å². The van der Waals surface area contributed by atoms with Crippen molar-refractivity contribution in [2.45, 2.75) is 13.5 Å². The Morgan fingerprint density at radius 1 is 0.967 bits per heavy atom. The number of hydrogen-bond acceptors (Lipinski definition) is 3. The number of ether oxygens (including phenoxy) is 1. The molecule has 1 heterocycles. The summed E-state index contributed by atoms with van der Waals surface area (Å²) >= 11 is 0. The Labute approximate surface area is 170 Å². The van der Waals surface area contributed by atoms with Crippen LogP contribution < -0.4 is 5.32 Å². The summed E-state index contributed by atoms with van der Waals surface area (Å²) < 4.78 is 33.8. The number of aromatic nitrogens is 1. The number of esters is 1. The lowest BCUT2D eigenvalue weighted by Crippen LogP contribution is -2.21. The number of anilines is 1. The molecule has 4 rings (SSSR count). The number of carbonyl (C=O) groups excluding carboxylic acids is 2. The van der Waals surface area contributed by atoms with Crippen LogP contribution in [0.1, 0.15) is 17.3 Å². The molecule has 0 fully saturated rings. The lowest BCUT2D eigenvalue weighted by molar-refractivity contribution is -0.119. The number of hydrogen-bond donors (Lipinski definition) is 1. The maximum absolute atomic E-state index is 13.6. The minimum atomic E-state index is -1.11. The topological polar surface area (TPSA) is 60.3 Å². The van der Waals surface area contributed by atoms with Gasteiger partial charge in [-0.3, -0.25) is 4.79 Å². The number of nitrogens with one attached hydrogen (secondary N) is 1. The maximum atomic E-state index is 13.6. The lowest BCUT2D eigenvalue weighted by Gasteiger charge is -2.08. The van der Waals surface area contributed by atoms with E-state index < -0.39 is 35.7 Å². The highest BCUT2D eigenvalue weighted by Gasteiger charge is 2.16. The van der Waals surface area contributed by atoms with Gasteiger partial charge in [-0.2, -0.15) is 0 Å². The van der Waals surface area contributed by atoms with Crippen molar-refractivity contribution in [3.05, 3.63) is 77.9 Å². The summed E-state index contributed by atoms with van der Waals surface area (Å²) in [6.07, 6.45) is 0. The number of nitrogens with zero attached hydrogens (tertiary/aromatic N) is 1. The molecule has 0 atom stereocenters. The second-order valence-electron chi connectivity index (χ2n) is 6.74. The van der Waals surface area contributed by atoms with E-state index in [1.165, 1.54) is 0 Å². The van der Waals surface area contributed by atoms with Crippen LogP contribution in [0.25, 0.3) is 21.8 Å². The van der Waals surface area contributed by atoms with Gasteiger partial charge in [-0.15, -0.1) is 0 Å². The monoisotopic (exact) mass is 408 g/mol. The molecule has 0 saturated heterocycles. The zero-order valence-corrected chi connectivity index (χ0v) is 16.1. The van der Waals surface area contributed by atoms with Gasteiger partial charge >= 0.3 is 5.97 Å². The quantitative estimate of drug-likeness (QED) is 0.479. The van der Waals surface area contributed by atoms with E-state index in [-0.39, 0.29) is 0 Å². The first-order chi connectivity index (χ1) is 14.5. The molecule has 0 aliphatic heterocycles. The van der Waals surface area contributed by atoms with Gasteiger partial charge < -0.3 is 14.6 Å². The van der Waals surface area contributed by atoms with Gasteiger partial charge in [0.05, 0.1) is 5.56 Å². The number of rotatable bonds is 5. The van der Waals surface area contributed by atoms with Crippen LogP contribution in [0.4, 0.5) is 14.5 Å². The predicted octanol–water partition coefficient (Wildman–Crippen LogP) is 4.89. The first-order valence-electron chi connectivity index (χ1n) is 9.41. The molecule has 152 valence electrons. The van der Waals surface area contributed by atoms with Gasteiger partial charge in [0.1, 0.15) is 11.6 Å². The fraction of sp³-hybridized carbons (Fsp3) is 0.130. The van der Waals surface area contributed by atoms with E-state index in [1.54, 1.807) is 6.07 Å². The van der Waals surface area contributed by atoms with E-state index in [0.29, 0.717) is 5.69 Å². The van der Waals surface area contributed by atoms with Crippen molar-refractivity contribution in [2.75, 3.05) is 11.9 Å². The van der Waals surface area contributed by atoms with Gasteiger partial charge in [0.25, 0.3) is 5.91 Å². The molecule has 1 N–H and O–H groups in total. The Balaban J connectivity index is 1.50. The summed E-state index contributed by atoms with van der Waals surface area (Å²) in [6, 6.07) is 16.0. The molecule has 30 heavy (non-hydrogen) atoms. The number of aryl methyl sites for hydroxylation is 1. The van der Waals surface area contributed by atoms with Gasteiger partial charge in [0.15, 0.2) is 6.61 Å². The average molecular weight is 408 g/mol. The van der Waals surface area contributed by atoms with Crippen LogP contribution in [-0.4, -0.2) is 23.1 Å². The van der Waals surface area contributed by atoms with Crippen molar-refractivity contribution in [1.82, 2.24) is 4.57 Å². The molecule has 0 aliphatic carbocycles. The Morgan fingerprint density at radius 2 is 1.73 bits per heavy atom. The van der Waals surface area contributed by atoms with E-state index in [0.717, 1.165) is 46.5 Å². The van der Waals surface area contributed by atoms with E-state index in [9.17, 15) is 18.4 Å². The van der Waals surface area contributed by atoms with E-state index >= 15 is 0 Å². The van der Waals surface area contributed by atoms with Gasteiger partial charge in [-0.1, -0.05) is 18.2 Å². The minimum Gasteiger partial charge on any atom is -0.452 e. The largest absolute Gasteiger partial charge is 0.452 e. The van der Waals surface area contributed by atoms with Crippen molar-refractivity contribution >= 4 is 39.4 Å². The zero-order chi connectivity index (χ0) is 21.3. The third-order valence-electron chi connectivity index (χ3n) is 4.86. The first kappa shape index (κ1) is 19.6. The highest BCUT2D eigenvalue weighted by Crippen LogP contribution is 2.30. The smallest absolute Gasteiger partial charge is 0.341 e. The second kappa shape index (κ2) is 7.94. The molecule has 5 nitrogen and oxygen atoms in total. The molecule has 1 amide bonds. The van der Waals surface area contributed by atoms with Crippen LogP contribution >= 0.6 is 0 Å². The Kier molecular flexibility index (Phi) is 5.18. The summed E-state index contributed by atoms with van der Waals surface area (Å²) in [5.41, 5.74) is 2.13. The van der Waals surface area contributed by atoms with Gasteiger partial charge in [0, 0.05) is 34.0 Å². The van der Waals surface area contributed by atoms with Crippen LogP contribution in [-0.2, 0) is 16.1 Å². The molecule has 3 aromatic carbocycles. The summed E-state index contributed by atoms with van der Waals surface area (Å²) in [6.45, 7) is 2.25. The molecular formula is C23H18F2N2O3. The van der Waals surface area contributed by atoms with Crippen LogP contribution in [0.3, 0.4) is 0 Å².